The summed E-state index contributed by atoms with van der Waals surface area (Å²) in [4.78, 5) is 2.03. The molecule has 0 rings (SSSR count). The summed E-state index contributed by atoms with van der Waals surface area (Å²) in [5, 5.41) is 0. The first-order valence-corrected chi connectivity index (χ1v) is 3.93. The van der Waals surface area contributed by atoms with Crippen molar-refractivity contribution in [1.29, 1.82) is 0 Å². The largest absolute Gasteiger partial charge is 0.302 e. The maximum Gasteiger partial charge on any atom is 0.0445 e. The molecule has 0 aliphatic rings. The van der Waals surface area contributed by atoms with Gasteiger partial charge in [-0.05, 0) is 21.0 Å². The van der Waals surface area contributed by atoms with Crippen LogP contribution >= 0.6 is 23.2 Å². The normalized spacial score (nSPS) is 12.7. The van der Waals surface area contributed by atoms with Crippen molar-refractivity contribution in [2.24, 2.45) is 0 Å². The molecule has 0 heterocycles. The monoisotopic (exact) mass is 169 g/mol. The Kier molecular flexibility index (Phi) is 3.86. The van der Waals surface area contributed by atoms with Crippen molar-refractivity contribution in [3.63, 3.8) is 0 Å². The van der Waals surface area contributed by atoms with Crippen molar-refractivity contribution in [1.82, 2.24) is 4.90 Å². The van der Waals surface area contributed by atoms with Gasteiger partial charge in [-0.3, -0.25) is 0 Å². The van der Waals surface area contributed by atoms with Crippen LogP contribution in [0.3, 0.4) is 0 Å². The molecule has 9 heavy (non-hydrogen) atoms. The zero-order valence-corrected chi connectivity index (χ0v) is 7.63. The van der Waals surface area contributed by atoms with E-state index in [1.54, 1.807) is 0 Å². The second-order valence-electron chi connectivity index (χ2n) is 2.66. The Morgan fingerprint density at radius 3 is 1.56 bits per heavy atom. The van der Waals surface area contributed by atoms with Crippen molar-refractivity contribution in [2.45, 2.75) is 12.5 Å². The summed E-state index contributed by atoms with van der Waals surface area (Å²) in [6, 6.07) is 0. The minimum absolute atomic E-state index is 0.0525. The third kappa shape index (κ3) is 2.32. The van der Waals surface area contributed by atoms with Gasteiger partial charge in [-0.25, -0.2) is 0 Å². The number of alkyl halides is 2. The molecule has 0 atom stereocenters. The average Bonchev–Trinajstić information content (AvgIpc) is 1.86. The number of nitrogens with zero attached hydrogens (tertiary/aromatic N) is 1. The molecule has 0 bridgehead atoms. The quantitative estimate of drug-likeness (QED) is 0.583. The zero-order valence-electron chi connectivity index (χ0n) is 6.12. The Morgan fingerprint density at radius 2 is 1.56 bits per heavy atom. The molecule has 0 aliphatic heterocycles. The van der Waals surface area contributed by atoms with Crippen LogP contribution in [0.1, 0.15) is 6.92 Å². The lowest BCUT2D eigenvalue weighted by molar-refractivity contribution is 0.226. The second-order valence-corrected chi connectivity index (χ2v) is 3.19. The fraction of sp³-hybridized carbons (Fsp3) is 1.00. The summed E-state index contributed by atoms with van der Waals surface area (Å²) in [7, 11) is 3.95. The van der Waals surface area contributed by atoms with Crippen LogP contribution in [0.2, 0.25) is 0 Å². The Hall–Kier alpha value is 0.540. The van der Waals surface area contributed by atoms with Crippen LogP contribution in [-0.4, -0.2) is 36.3 Å². The van der Waals surface area contributed by atoms with E-state index in [0.29, 0.717) is 11.8 Å². The van der Waals surface area contributed by atoms with Crippen LogP contribution in [0.4, 0.5) is 0 Å². The third-order valence-corrected chi connectivity index (χ3v) is 2.81. The molecular weight excluding hydrogens is 157 g/mol. The maximum absolute atomic E-state index is 5.68. The molecule has 0 aromatic rings. The smallest absolute Gasteiger partial charge is 0.0445 e. The van der Waals surface area contributed by atoms with Gasteiger partial charge < -0.3 is 4.90 Å². The molecule has 0 N–H and O–H groups in total. The molecule has 0 aromatic carbocycles. The van der Waals surface area contributed by atoms with Gasteiger partial charge in [0.2, 0.25) is 0 Å². The predicted molar refractivity (Wildman–Crippen MR) is 43.5 cm³/mol. The number of hydrogen-bond donors (Lipinski definition) is 0. The highest BCUT2D eigenvalue weighted by Crippen LogP contribution is 2.14. The molecule has 0 fully saturated rings. The summed E-state index contributed by atoms with van der Waals surface area (Å²) in [6.45, 7) is 2.03. The van der Waals surface area contributed by atoms with Crippen LogP contribution in [0, 0.1) is 0 Å². The van der Waals surface area contributed by atoms with Crippen LogP contribution in [0.5, 0.6) is 0 Å². The highest BCUT2D eigenvalue weighted by molar-refractivity contribution is 6.21. The molecule has 0 amide bonds. The lowest BCUT2D eigenvalue weighted by Gasteiger charge is -2.32. The molecular formula is C6H13Cl2N. The van der Waals surface area contributed by atoms with Crippen LogP contribution in [0.15, 0.2) is 0 Å². The Labute approximate surface area is 66.9 Å². The first kappa shape index (κ1) is 9.54. The van der Waals surface area contributed by atoms with E-state index >= 15 is 0 Å². The van der Waals surface area contributed by atoms with Crippen LogP contribution < -0.4 is 0 Å². The maximum atomic E-state index is 5.68. The van der Waals surface area contributed by atoms with E-state index < -0.39 is 0 Å². The number of hydrogen-bond acceptors (Lipinski definition) is 1. The van der Waals surface area contributed by atoms with Crippen molar-refractivity contribution in [3.05, 3.63) is 0 Å². The van der Waals surface area contributed by atoms with E-state index in [1.807, 2.05) is 25.9 Å². The van der Waals surface area contributed by atoms with Gasteiger partial charge in [0.15, 0.2) is 0 Å². The van der Waals surface area contributed by atoms with Gasteiger partial charge in [-0.2, -0.15) is 0 Å². The van der Waals surface area contributed by atoms with Gasteiger partial charge in [-0.1, -0.05) is 0 Å². The van der Waals surface area contributed by atoms with Crippen molar-refractivity contribution in [3.8, 4) is 0 Å². The SMILES string of the molecule is CN(C)C(C)(CCl)CCl. The lowest BCUT2D eigenvalue weighted by Crippen LogP contribution is -2.44. The molecule has 0 radical (unpaired) electrons. The molecule has 1 nitrogen and oxygen atoms in total. The summed E-state index contributed by atoms with van der Waals surface area (Å²) < 4.78 is 0. The van der Waals surface area contributed by atoms with E-state index in [-0.39, 0.29) is 5.54 Å². The number of rotatable bonds is 3. The van der Waals surface area contributed by atoms with Crippen molar-refractivity contribution in [2.75, 3.05) is 25.9 Å². The average molecular weight is 170 g/mol. The second kappa shape index (κ2) is 3.65. The van der Waals surface area contributed by atoms with E-state index in [4.69, 9.17) is 23.2 Å². The van der Waals surface area contributed by atoms with E-state index in [0.717, 1.165) is 0 Å². The minimum Gasteiger partial charge on any atom is -0.302 e. The van der Waals surface area contributed by atoms with E-state index in [1.165, 1.54) is 0 Å². The Bertz CT molecular complexity index is 79.1. The fourth-order valence-electron chi connectivity index (χ4n) is 0.275. The van der Waals surface area contributed by atoms with E-state index in [9.17, 15) is 0 Å². The molecule has 56 valence electrons. The summed E-state index contributed by atoms with van der Waals surface area (Å²) in [5.74, 6) is 1.15. The molecule has 0 spiro atoms. The van der Waals surface area contributed by atoms with Gasteiger partial charge in [0, 0.05) is 17.3 Å². The first-order valence-electron chi connectivity index (χ1n) is 2.86. The summed E-state index contributed by atoms with van der Waals surface area (Å²) in [6.07, 6.45) is 0. The standard InChI is InChI=1S/C6H13Cl2N/c1-6(4-7,5-8)9(2)3/h4-5H2,1-3H3. The van der Waals surface area contributed by atoms with Gasteiger partial charge in [0.1, 0.15) is 0 Å². The third-order valence-electron chi connectivity index (χ3n) is 1.66. The van der Waals surface area contributed by atoms with Gasteiger partial charge >= 0.3 is 0 Å². The van der Waals surface area contributed by atoms with Gasteiger partial charge in [0.05, 0.1) is 0 Å². The highest BCUT2D eigenvalue weighted by atomic mass is 35.5. The van der Waals surface area contributed by atoms with Crippen molar-refractivity contribution < 1.29 is 0 Å². The lowest BCUT2D eigenvalue weighted by atomic mass is 10.1. The summed E-state index contributed by atoms with van der Waals surface area (Å²) in [5.41, 5.74) is -0.0525. The van der Waals surface area contributed by atoms with Crippen LogP contribution in [0.25, 0.3) is 0 Å². The minimum atomic E-state index is -0.0525. The van der Waals surface area contributed by atoms with E-state index in [2.05, 4.69) is 0 Å². The van der Waals surface area contributed by atoms with Crippen LogP contribution in [-0.2, 0) is 0 Å². The van der Waals surface area contributed by atoms with Crippen molar-refractivity contribution >= 4 is 23.2 Å². The summed E-state index contributed by atoms with van der Waals surface area (Å²) >= 11 is 11.4. The zero-order chi connectivity index (χ0) is 7.49. The topological polar surface area (TPSA) is 3.24 Å². The first-order chi connectivity index (χ1) is 4.06. The fourth-order valence-corrected chi connectivity index (χ4v) is 1.04. The molecule has 0 saturated carbocycles. The molecule has 0 aliphatic carbocycles. The molecule has 0 unspecified atom stereocenters. The number of halogens is 2. The Morgan fingerprint density at radius 1 is 1.22 bits per heavy atom. The molecule has 3 heteroatoms. The van der Waals surface area contributed by atoms with Gasteiger partial charge in [0.25, 0.3) is 0 Å². The highest BCUT2D eigenvalue weighted by Gasteiger charge is 2.23. The van der Waals surface area contributed by atoms with Gasteiger partial charge in [-0.15, -0.1) is 23.2 Å². The molecule has 0 saturated heterocycles. The molecule has 0 aromatic heterocycles. The predicted octanol–water partition coefficient (Wildman–Crippen LogP) is 1.78. The Balaban J connectivity index is 3.92.